The van der Waals surface area contributed by atoms with E-state index in [0.29, 0.717) is 0 Å². The molecule has 0 aliphatic rings. The van der Waals surface area contributed by atoms with Crippen molar-refractivity contribution in [3.8, 4) is 0 Å². The highest BCUT2D eigenvalue weighted by atomic mass is 16.6. The summed E-state index contributed by atoms with van der Waals surface area (Å²) in [5.74, 6) is -2.62. The van der Waals surface area contributed by atoms with E-state index in [1.165, 1.54) is 6.92 Å². The molecule has 2 N–H and O–H groups in total. The Morgan fingerprint density at radius 3 is 2.58 bits per heavy atom. The van der Waals surface area contributed by atoms with Gasteiger partial charge in [0, 0.05) is 12.5 Å². The zero-order valence-electron chi connectivity index (χ0n) is 7.28. The van der Waals surface area contributed by atoms with Crippen molar-refractivity contribution < 1.29 is 19.7 Å². The third kappa shape index (κ3) is 3.02. The van der Waals surface area contributed by atoms with Gasteiger partial charge in [0.1, 0.15) is 0 Å². The predicted molar refractivity (Wildman–Crippen MR) is 43.2 cm³/mol. The van der Waals surface area contributed by atoms with Gasteiger partial charge >= 0.3 is 5.97 Å². The molecule has 0 aromatic carbocycles. The molecule has 0 bridgehead atoms. The molecule has 12 heavy (non-hydrogen) atoms. The van der Waals surface area contributed by atoms with Gasteiger partial charge in [-0.25, -0.2) is 4.79 Å². The second kappa shape index (κ2) is 4.23. The van der Waals surface area contributed by atoms with Gasteiger partial charge in [-0.15, -0.1) is 0 Å². The van der Waals surface area contributed by atoms with Gasteiger partial charge in [0.25, 0.3) is 0 Å². The fraction of sp³-hybridized carbons (Fsp3) is 0.625. The lowest BCUT2D eigenvalue weighted by Crippen LogP contribution is -2.42. The van der Waals surface area contributed by atoms with Gasteiger partial charge in [-0.1, -0.05) is 13.5 Å². The molecule has 0 saturated heterocycles. The van der Waals surface area contributed by atoms with Crippen LogP contribution in [0.15, 0.2) is 12.7 Å². The number of rotatable bonds is 4. The monoisotopic (exact) mass is 174 g/mol. The second-order valence-electron chi connectivity index (χ2n) is 2.52. The van der Waals surface area contributed by atoms with Crippen molar-refractivity contribution in [2.24, 2.45) is 0 Å². The summed E-state index contributed by atoms with van der Waals surface area (Å²) in [4.78, 5) is 10.6. The van der Waals surface area contributed by atoms with Crippen LogP contribution in [0.4, 0.5) is 0 Å². The molecule has 0 aromatic rings. The molecular weight excluding hydrogens is 160 g/mol. The Hall–Kier alpha value is -0.870. The zero-order chi connectivity index (χ0) is 9.78. The summed E-state index contributed by atoms with van der Waals surface area (Å²) in [5, 5.41) is 18.4. The van der Waals surface area contributed by atoms with Crippen molar-refractivity contribution in [2.75, 3.05) is 0 Å². The van der Waals surface area contributed by atoms with Crippen LogP contribution >= 0.6 is 0 Å². The molecule has 0 aliphatic heterocycles. The number of ether oxygens (including phenoxy) is 1. The van der Waals surface area contributed by atoms with Crippen molar-refractivity contribution in [3.05, 3.63) is 12.7 Å². The summed E-state index contributed by atoms with van der Waals surface area (Å²) < 4.78 is 4.60. The molecule has 0 rings (SSSR count). The first kappa shape index (κ1) is 11.1. The Balaban J connectivity index is 4.11. The largest absolute Gasteiger partial charge is 0.454 e. The summed E-state index contributed by atoms with van der Waals surface area (Å²) in [6.45, 7) is 6.17. The molecule has 1 unspecified atom stereocenters. The van der Waals surface area contributed by atoms with E-state index in [2.05, 4.69) is 11.3 Å². The van der Waals surface area contributed by atoms with Crippen LogP contribution in [-0.2, 0) is 9.53 Å². The van der Waals surface area contributed by atoms with Gasteiger partial charge in [-0.05, 0) is 6.92 Å². The van der Waals surface area contributed by atoms with E-state index in [0.717, 1.165) is 6.08 Å². The maximum absolute atomic E-state index is 10.6. The van der Waals surface area contributed by atoms with E-state index in [9.17, 15) is 15.0 Å². The molecule has 0 radical (unpaired) electrons. The standard InChI is InChI=1S/C8H14O4/c1-4-7(9)12-6(3)8(10,11)5-2/h4,6,10-11H,1,5H2,2-3H3. The molecule has 0 fully saturated rings. The van der Waals surface area contributed by atoms with Crippen LogP contribution in [0.2, 0.25) is 0 Å². The lowest BCUT2D eigenvalue weighted by molar-refractivity contribution is -0.230. The Labute approximate surface area is 71.5 Å². The van der Waals surface area contributed by atoms with E-state index in [-0.39, 0.29) is 6.42 Å². The lowest BCUT2D eigenvalue weighted by Gasteiger charge is -2.26. The Morgan fingerprint density at radius 1 is 1.75 bits per heavy atom. The highest BCUT2D eigenvalue weighted by Gasteiger charge is 2.31. The minimum absolute atomic E-state index is 0.0958. The van der Waals surface area contributed by atoms with Gasteiger partial charge in [0.15, 0.2) is 11.9 Å². The molecule has 4 heteroatoms. The molecule has 0 aromatic heterocycles. The van der Waals surface area contributed by atoms with Gasteiger partial charge in [0.2, 0.25) is 0 Å². The van der Waals surface area contributed by atoms with Crippen LogP contribution in [-0.4, -0.2) is 28.1 Å². The summed E-state index contributed by atoms with van der Waals surface area (Å²) in [7, 11) is 0. The van der Waals surface area contributed by atoms with Crippen LogP contribution in [0.3, 0.4) is 0 Å². The van der Waals surface area contributed by atoms with E-state index in [1.54, 1.807) is 6.92 Å². The summed E-state index contributed by atoms with van der Waals surface area (Å²) in [6, 6.07) is 0. The van der Waals surface area contributed by atoms with Crippen LogP contribution in [0.25, 0.3) is 0 Å². The van der Waals surface area contributed by atoms with E-state index >= 15 is 0 Å². The molecular formula is C8H14O4. The lowest BCUT2D eigenvalue weighted by atomic mass is 10.1. The summed E-state index contributed by atoms with van der Waals surface area (Å²) in [5.41, 5.74) is 0. The molecule has 0 heterocycles. The fourth-order valence-electron chi connectivity index (χ4n) is 0.604. The number of hydrogen-bond donors (Lipinski definition) is 2. The highest BCUT2D eigenvalue weighted by Crippen LogP contribution is 2.14. The third-order valence-corrected chi connectivity index (χ3v) is 1.63. The van der Waals surface area contributed by atoms with Crippen molar-refractivity contribution in [1.29, 1.82) is 0 Å². The maximum atomic E-state index is 10.6. The topological polar surface area (TPSA) is 66.8 Å². The van der Waals surface area contributed by atoms with Crippen LogP contribution in [0, 0.1) is 0 Å². The van der Waals surface area contributed by atoms with Crippen molar-refractivity contribution in [3.63, 3.8) is 0 Å². The first-order valence-electron chi connectivity index (χ1n) is 3.71. The summed E-state index contributed by atoms with van der Waals surface area (Å²) in [6.07, 6.45) is 0.119. The first-order valence-corrected chi connectivity index (χ1v) is 3.71. The van der Waals surface area contributed by atoms with Gasteiger partial charge in [0.05, 0.1) is 0 Å². The van der Waals surface area contributed by atoms with Crippen molar-refractivity contribution in [1.82, 2.24) is 0 Å². The SMILES string of the molecule is C=CC(=O)OC(C)C(O)(O)CC. The molecule has 0 aliphatic carbocycles. The third-order valence-electron chi connectivity index (χ3n) is 1.63. The van der Waals surface area contributed by atoms with Crippen molar-refractivity contribution >= 4 is 5.97 Å². The van der Waals surface area contributed by atoms with Crippen LogP contribution in [0.1, 0.15) is 20.3 Å². The van der Waals surface area contributed by atoms with E-state index in [4.69, 9.17) is 0 Å². The van der Waals surface area contributed by atoms with E-state index in [1.807, 2.05) is 0 Å². The fourth-order valence-corrected chi connectivity index (χ4v) is 0.604. The number of esters is 1. The molecule has 0 spiro atoms. The smallest absolute Gasteiger partial charge is 0.330 e. The maximum Gasteiger partial charge on any atom is 0.330 e. The Kier molecular flexibility index (Phi) is 3.92. The Bertz CT molecular complexity index is 174. The zero-order valence-corrected chi connectivity index (χ0v) is 7.28. The van der Waals surface area contributed by atoms with E-state index < -0.39 is 17.9 Å². The summed E-state index contributed by atoms with van der Waals surface area (Å²) >= 11 is 0. The molecule has 0 amide bonds. The van der Waals surface area contributed by atoms with Crippen LogP contribution in [0.5, 0.6) is 0 Å². The van der Waals surface area contributed by atoms with Crippen molar-refractivity contribution in [2.45, 2.75) is 32.2 Å². The van der Waals surface area contributed by atoms with Gasteiger partial charge < -0.3 is 14.9 Å². The highest BCUT2D eigenvalue weighted by molar-refractivity contribution is 5.81. The first-order chi connectivity index (χ1) is 5.44. The Morgan fingerprint density at radius 2 is 2.25 bits per heavy atom. The molecule has 70 valence electrons. The quantitative estimate of drug-likeness (QED) is 0.363. The number of carbonyl (C=O) groups excluding carboxylic acids is 1. The minimum Gasteiger partial charge on any atom is -0.454 e. The average molecular weight is 174 g/mol. The average Bonchev–Trinajstić information content (AvgIpc) is 2.04. The predicted octanol–water partition coefficient (Wildman–Crippen LogP) is 0.195. The van der Waals surface area contributed by atoms with Gasteiger partial charge in [-0.2, -0.15) is 0 Å². The second-order valence-corrected chi connectivity index (χ2v) is 2.52. The minimum atomic E-state index is -1.96. The number of hydrogen-bond acceptors (Lipinski definition) is 4. The number of aliphatic hydroxyl groups is 2. The van der Waals surface area contributed by atoms with Crippen LogP contribution < -0.4 is 0 Å². The van der Waals surface area contributed by atoms with Gasteiger partial charge in [-0.3, -0.25) is 0 Å². The molecule has 1 atom stereocenters. The number of carbonyl (C=O) groups is 1. The normalized spacial score (nSPS) is 13.7. The molecule has 4 nitrogen and oxygen atoms in total. The molecule has 0 saturated carbocycles.